The van der Waals surface area contributed by atoms with Gasteiger partial charge in [0.05, 0.1) is 0 Å². The van der Waals surface area contributed by atoms with Crippen molar-refractivity contribution in [2.75, 3.05) is 0 Å². The summed E-state index contributed by atoms with van der Waals surface area (Å²) in [7, 11) is 0. The van der Waals surface area contributed by atoms with E-state index in [1.165, 1.54) is 0 Å². The fraction of sp³-hybridized carbons (Fsp3) is 0.308. The molecule has 0 aliphatic carbocycles. The maximum atomic E-state index is 6.17. The van der Waals surface area contributed by atoms with Gasteiger partial charge in [-0.1, -0.05) is 29.3 Å². The van der Waals surface area contributed by atoms with Crippen molar-refractivity contribution in [2.24, 2.45) is 0 Å². The first kappa shape index (κ1) is 13.4. The summed E-state index contributed by atoms with van der Waals surface area (Å²) < 4.78 is 0. The Hall–Kier alpha value is -1.03. The lowest BCUT2D eigenvalue weighted by molar-refractivity contribution is 0.569. The van der Waals surface area contributed by atoms with E-state index in [0.717, 1.165) is 23.6 Å². The summed E-state index contributed by atoms with van der Waals surface area (Å²) >= 11 is 12.0. The molecule has 0 fully saturated rings. The molecule has 18 heavy (non-hydrogen) atoms. The Morgan fingerprint density at radius 1 is 1.39 bits per heavy atom. The molecule has 2 aromatic rings. The number of benzene rings is 1. The van der Waals surface area contributed by atoms with Crippen LogP contribution in [0.3, 0.4) is 0 Å². The number of hydrogen-bond donors (Lipinski definition) is 2. The molecule has 0 spiro atoms. The zero-order valence-corrected chi connectivity index (χ0v) is 11.8. The number of nitrogens with zero attached hydrogens (tertiary/aromatic N) is 1. The highest BCUT2D eigenvalue weighted by atomic mass is 35.5. The Kier molecular flexibility index (Phi) is 4.27. The highest BCUT2D eigenvalue weighted by Gasteiger charge is 2.10. The third-order valence-electron chi connectivity index (χ3n) is 2.78. The lowest BCUT2D eigenvalue weighted by Crippen LogP contribution is -2.18. The first-order chi connectivity index (χ1) is 8.56. The van der Waals surface area contributed by atoms with E-state index in [4.69, 9.17) is 23.2 Å². The van der Waals surface area contributed by atoms with E-state index in [9.17, 15) is 0 Å². The lowest BCUT2D eigenvalue weighted by Gasteiger charge is -2.15. The summed E-state index contributed by atoms with van der Waals surface area (Å²) in [5.74, 6) is 0.920. The van der Waals surface area contributed by atoms with E-state index in [2.05, 4.69) is 22.2 Å². The molecule has 0 aliphatic heterocycles. The Bertz CT molecular complexity index is 537. The molecule has 1 unspecified atom stereocenters. The summed E-state index contributed by atoms with van der Waals surface area (Å²) in [6.07, 6.45) is 1.83. The van der Waals surface area contributed by atoms with Crippen LogP contribution in [0, 0.1) is 6.92 Å². The fourth-order valence-electron chi connectivity index (χ4n) is 1.79. The highest BCUT2D eigenvalue weighted by Crippen LogP contribution is 2.26. The van der Waals surface area contributed by atoms with Crippen molar-refractivity contribution in [2.45, 2.75) is 26.4 Å². The molecule has 0 radical (unpaired) electrons. The standard InChI is InChI=1S/C13H15Cl2N3/c1-8(12-4-3-10(14)5-13(12)15)16-6-11-7-17-9(2)18-11/h3-5,7-8,16H,6H2,1-2H3,(H,17,18). The number of aromatic nitrogens is 2. The van der Waals surface area contributed by atoms with Crippen LogP contribution in [0.15, 0.2) is 24.4 Å². The predicted octanol–water partition coefficient (Wildman–Crippen LogP) is 3.88. The van der Waals surface area contributed by atoms with Crippen LogP contribution in [0.25, 0.3) is 0 Å². The molecule has 2 rings (SSSR count). The number of aryl methyl sites for hydroxylation is 1. The average molecular weight is 284 g/mol. The third-order valence-corrected chi connectivity index (χ3v) is 3.35. The Labute approximate surface area is 117 Å². The molecule has 3 nitrogen and oxygen atoms in total. The van der Waals surface area contributed by atoms with Gasteiger partial charge >= 0.3 is 0 Å². The Morgan fingerprint density at radius 2 is 2.17 bits per heavy atom. The maximum Gasteiger partial charge on any atom is 0.103 e. The van der Waals surface area contributed by atoms with Crippen molar-refractivity contribution in [3.8, 4) is 0 Å². The van der Waals surface area contributed by atoms with Crippen LogP contribution in [0.5, 0.6) is 0 Å². The summed E-state index contributed by atoms with van der Waals surface area (Å²) in [6, 6.07) is 5.71. The van der Waals surface area contributed by atoms with Crippen LogP contribution >= 0.6 is 23.2 Å². The number of halogens is 2. The average Bonchev–Trinajstić information content (AvgIpc) is 2.72. The second-order valence-corrected chi connectivity index (χ2v) is 5.11. The summed E-state index contributed by atoms with van der Waals surface area (Å²) in [5.41, 5.74) is 2.10. The summed E-state index contributed by atoms with van der Waals surface area (Å²) in [4.78, 5) is 7.34. The van der Waals surface area contributed by atoms with Gasteiger partial charge < -0.3 is 10.3 Å². The first-order valence-corrected chi connectivity index (χ1v) is 6.50. The van der Waals surface area contributed by atoms with Crippen molar-refractivity contribution in [3.05, 3.63) is 51.5 Å². The van der Waals surface area contributed by atoms with Crippen LogP contribution in [0.1, 0.15) is 30.0 Å². The van der Waals surface area contributed by atoms with Gasteiger partial charge in [-0.15, -0.1) is 0 Å². The van der Waals surface area contributed by atoms with E-state index in [1.807, 2.05) is 25.3 Å². The molecule has 0 aliphatic rings. The molecule has 0 saturated carbocycles. The van der Waals surface area contributed by atoms with Gasteiger partial charge in [0.1, 0.15) is 5.82 Å². The van der Waals surface area contributed by atoms with Gasteiger partial charge in [0, 0.05) is 34.5 Å². The van der Waals surface area contributed by atoms with Gasteiger partial charge in [0.25, 0.3) is 0 Å². The van der Waals surface area contributed by atoms with Crippen molar-refractivity contribution < 1.29 is 0 Å². The van der Waals surface area contributed by atoms with Gasteiger partial charge in [-0.2, -0.15) is 0 Å². The van der Waals surface area contributed by atoms with Crippen molar-refractivity contribution in [1.82, 2.24) is 15.3 Å². The number of H-pyrrole nitrogens is 1. The second-order valence-electron chi connectivity index (χ2n) is 4.26. The van der Waals surface area contributed by atoms with Crippen LogP contribution in [0.4, 0.5) is 0 Å². The van der Waals surface area contributed by atoms with Gasteiger partial charge in [0.15, 0.2) is 0 Å². The topological polar surface area (TPSA) is 40.7 Å². The molecule has 96 valence electrons. The molecular weight excluding hydrogens is 269 g/mol. The van der Waals surface area contributed by atoms with Crippen molar-refractivity contribution in [1.29, 1.82) is 0 Å². The van der Waals surface area contributed by atoms with Gasteiger partial charge in [-0.3, -0.25) is 0 Å². The Balaban J connectivity index is 2.01. The molecule has 1 aromatic carbocycles. The van der Waals surface area contributed by atoms with Gasteiger partial charge in [-0.25, -0.2) is 4.98 Å². The van der Waals surface area contributed by atoms with E-state index >= 15 is 0 Å². The molecule has 2 N–H and O–H groups in total. The lowest BCUT2D eigenvalue weighted by atomic mass is 10.1. The SMILES string of the molecule is Cc1ncc(CNC(C)c2ccc(Cl)cc2Cl)[nH]1. The highest BCUT2D eigenvalue weighted by molar-refractivity contribution is 6.35. The molecule has 0 saturated heterocycles. The maximum absolute atomic E-state index is 6.17. The van der Waals surface area contributed by atoms with Crippen LogP contribution in [0.2, 0.25) is 10.0 Å². The fourth-order valence-corrected chi connectivity index (χ4v) is 2.36. The van der Waals surface area contributed by atoms with E-state index < -0.39 is 0 Å². The normalized spacial score (nSPS) is 12.7. The molecule has 5 heteroatoms. The monoisotopic (exact) mass is 283 g/mol. The third kappa shape index (κ3) is 3.25. The summed E-state index contributed by atoms with van der Waals surface area (Å²) in [6.45, 7) is 4.72. The van der Waals surface area contributed by atoms with Crippen molar-refractivity contribution >= 4 is 23.2 Å². The molecule has 0 bridgehead atoms. The van der Waals surface area contributed by atoms with E-state index in [1.54, 1.807) is 6.07 Å². The largest absolute Gasteiger partial charge is 0.345 e. The minimum atomic E-state index is 0.151. The van der Waals surface area contributed by atoms with Gasteiger partial charge in [0.2, 0.25) is 0 Å². The van der Waals surface area contributed by atoms with Crippen molar-refractivity contribution in [3.63, 3.8) is 0 Å². The molecule has 0 amide bonds. The molecule has 1 heterocycles. The molecule has 1 aromatic heterocycles. The van der Waals surface area contributed by atoms with Crippen LogP contribution in [-0.2, 0) is 6.54 Å². The number of hydrogen-bond acceptors (Lipinski definition) is 2. The smallest absolute Gasteiger partial charge is 0.103 e. The zero-order valence-electron chi connectivity index (χ0n) is 10.3. The second kappa shape index (κ2) is 5.74. The van der Waals surface area contributed by atoms with E-state index in [-0.39, 0.29) is 6.04 Å². The quantitative estimate of drug-likeness (QED) is 0.894. The van der Waals surface area contributed by atoms with Crippen LogP contribution < -0.4 is 5.32 Å². The summed E-state index contributed by atoms with van der Waals surface area (Å²) in [5, 5.41) is 4.73. The molecule has 1 atom stereocenters. The number of nitrogens with one attached hydrogen (secondary N) is 2. The first-order valence-electron chi connectivity index (χ1n) is 5.75. The minimum Gasteiger partial charge on any atom is -0.345 e. The number of rotatable bonds is 4. The Morgan fingerprint density at radius 3 is 2.78 bits per heavy atom. The van der Waals surface area contributed by atoms with Gasteiger partial charge in [-0.05, 0) is 31.5 Å². The number of aromatic amines is 1. The number of imidazole rings is 1. The predicted molar refractivity (Wildman–Crippen MR) is 75.0 cm³/mol. The molecular formula is C13H15Cl2N3. The van der Waals surface area contributed by atoms with E-state index in [0.29, 0.717) is 10.0 Å². The van der Waals surface area contributed by atoms with Crippen LogP contribution in [-0.4, -0.2) is 9.97 Å². The minimum absolute atomic E-state index is 0.151. The zero-order chi connectivity index (χ0) is 13.1.